The third-order valence-electron chi connectivity index (χ3n) is 3.99. The number of rotatable bonds is 7. The summed E-state index contributed by atoms with van der Waals surface area (Å²) in [6.45, 7) is 2.09. The van der Waals surface area contributed by atoms with E-state index in [1.165, 1.54) is 5.56 Å². The molecule has 1 fully saturated rings. The minimum absolute atomic E-state index is 0.364. The largest absolute Gasteiger partial charge is 0.480 e. The van der Waals surface area contributed by atoms with Gasteiger partial charge in [-0.25, -0.2) is 0 Å². The second kappa shape index (κ2) is 6.71. The molecule has 1 aliphatic carbocycles. The van der Waals surface area contributed by atoms with Crippen molar-refractivity contribution in [2.24, 2.45) is 0 Å². The summed E-state index contributed by atoms with van der Waals surface area (Å²) in [6.07, 6.45) is 4.86. The molecule has 0 bridgehead atoms. The topological polar surface area (TPSA) is 49.3 Å². The Morgan fingerprint density at radius 2 is 2.05 bits per heavy atom. The lowest BCUT2D eigenvalue weighted by Gasteiger charge is -2.38. The number of nitrogens with one attached hydrogen (secondary N) is 1. The number of hydrogen-bond donors (Lipinski definition) is 2. The highest BCUT2D eigenvalue weighted by molar-refractivity contribution is 5.73. The standard InChI is InChI=1S/C16H23NO2/c1-2-3-9-15(16(18)19)17-14-10-13(11-14)12-7-5-4-6-8-12/h4-8,13-15,17H,2-3,9-11H2,1H3,(H,18,19). The molecule has 0 aromatic heterocycles. The summed E-state index contributed by atoms with van der Waals surface area (Å²) in [4.78, 5) is 11.2. The first-order valence-corrected chi connectivity index (χ1v) is 7.24. The average Bonchev–Trinajstić information content (AvgIpc) is 2.37. The molecule has 1 unspecified atom stereocenters. The normalized spacial score (nSPS) is 23.6. The third kappa shape index (κ3) is 3.80. The Hall–Kier alpha value is -1.35. The molecule has 0 aliphatic heterocycles. The Morgan fingerprint density at radius 3 is 2.63 bits per heavy atom. The summed E-state index contributed by atoms with van der Waals surface area (Å²) in [6, 6.07) is 10.5. The van der Waals surface area contributed by atoms with Crippen LogP contribution in [0.5, 0.6) is 0 Å². The number of hydrogen-bond acceptors (Lipinski definition) is 2. The summed E-state index contributed by atoms with van der Waals surface area (Å²) in [5, 5.41) is 12.5. The van der Waals surface area contributed by atoms with Crippen LogP contribution in [-0.4, -0.2) is 23.2 Å². The van der Waals surface area contributed by atoms with Crippen molar-refractivity contribution >= 4 is 5.97 Å². The fourth-order valence-electron chi connectivity index (χ4n) is 2.72. The molecule has 1 aromatic rings. The number of unbranched alkanes of at least 4 members (excludes halogenated alkanes) is 1. The first-order valence-electron chi connectivity index (χ1n) is 7.24. The van der Waals surface area contributed by atoms with Crippen LogP contribution in [0.2, 0.25) is 0 Å². The number of carboxylic acid groups (broad SMARTS) is 1. The molecule has 1 atom stereocenters. The van der Waals surface area contributed by atoms with Gasteiger partial charge in [0.2, 0.25) is 0 Å². The number of carboxylic acids is 1. The van der Waals surface area contributed by atoms with Gasteiger partial charge in [0.1, 0.15) is 6.04 Å². The Bertz CT molecular complexity index is 398. The lowest BCUT2D eigenvalue weighted by Crippen LogP contribution is -2.48. The minimum atomic E-state index is -0.711. The predicted octanol–water partition coefficient (Wildman–Crippen LogP) is 3.17. The van der Waals surface area contributed by atoms with Gasteiger partial charge >= 0.3 is 5.97 Å². The van der Waals surface area contributed by atoms with E-state index in [2.05, 4.69) is 36.5 Å². The molecule has 0 radical (unpaired) electrons. The van der Waals surface area contributed by atoms with E-state index in [-0.39, 0.29) is 6.04 Å². The van der Waals surface area contributed by atoms with E-state index in [4.69, 9.17) is 0 Å². The highest BCUT2D eigenvalue weighted by atomic mass is 16.4. The summed E-state index contributed by atoms with van der Waals surface area (Å²) in [7, 11) is 0. The molecule has 0 heterocycles. The van der Waals surface area contributed by atoms with E-state index in [1.54, 1.807) is 0 Å². The van der Waals surface area contributed by atoms with Crippen LogP contribution in [0.3, 0.4) is 0 Å². The molecule has 1 aliphatic rings. The molecule has 0 saturated heterocycles. The van der Waals surface area contributed by atoms with Crippen LogP contribution < -0.4 is 5.32 Å². The first kappa shape index (κ1) is 14.1. The van der Waals surface area contributed by atoms with Crippen LogP contribution in [0.1, 0.15) is 50.5 Å². The van der Waals surface area contributed by atoms with Gasteiger partial charge in [-0.3, -0.25) is 4.79 Å². The van der Waals surface area contributed by atoms with Crippen LogP contribution in [0.4, 0.5) is 0 Å². The average molecular weight is 261 g/mol. The molecular formula is C16H23NO2. The Morgan fingerprint density at radius 1 is 1.37 bits per heavy atom. The zero-order chi connectivity index (χ0) is 13.7. The van der Waals surface area contributed by atoms with E-state index in [0.717, 1.165) is 32.1 Å². The molecular weight excluding hydrogens is 238 g/mol. The number of aliphatic carboxylic acids is 1. The zero-order valence-corrected chi connectivity index (χ0v) is 11.5. The maximum Gasteiger partial charge on any atom is 0.320 e. The van der Waals surface area contributed by atoms with Crippen molar-refractivity contribution in [1.29, 1.82) is 0 Å². The van der Waals surface area contributed by atoms with E-state index in [1.807, 2.05) is 6.07 Å². The smallest absolute Gasteiger partial charge is 0.320 e. The van der Waals surface area contributed by atoms with Crippen molar-refractivity contribution in [3.05, 3.63) is 35.9 Å². The van der Waals surface area contributed by atoms with E-state index < -0.39 is 5.97 Å². The first-order chi connectivity index (χ1) is 9.20. The molecule has 104 valence electrons. The van der Waals surface area contributed by atoms with Crippen molar-refractivity contribution in [3.8, 4) is 0 Å². The van der Waals surface area contributed by atoms with Crippen molar-refractivity contribution in [1.82, 2.24) is 5.32 Å². The van der Waals surface area contributed by atoms with Crippen molar-refractivity contribution in [2.45, 2.75) is 57.0 Å². The van der Waals surface area contributed by atoms with Crippen molar-refractivity contribution in [3.63, 3.8) is 0 Å². The van der Waals surface area contributed by atoms with E-state index >= 15 is 0 Å². The van der Waals surface area contributed by atoms with Crippen LogP contribution in [-0.2, 0) is 4.79 Å². The quantitative estimate of drug-likeness (QED) is 0.792. The third-order valence-corrected chi connectivity index (χ3v) is 3.99. The Kier molecular flexibility index (Phi) is 4.97. The highest BCUT2D eigenvalue weighted by Crippen LogP contribution is 2.37. The Labute approximate surface area is 115 Å². The summed E-state index contributed by atoms with van der Waals surface area (Å²) >= 11 is 0. The molecule has 3 heteroatoms. The van der Waals surface area contributed by atoms with Crippen LogP contribution >= 0.6 is 0 Å². The number of carbonyl (C=O) groups is 1. The second-order valence-corrected chi connectivity index (χ2v) is 5.48. The lowest BCUT2D eigenvalue weighted by atomic mass is 9.75. The molecule has 19 heavy (non-hydrogen) atoms. The van der Waals surface area contributed by atoms with Crippen molar-refractivity contribution in [2.75, 3.05) is 0 Å². The summed E-state index contributed by atoms with van der Waals surface area (Å²) < 4.78 is 0. The molecule has 2 N–H and O–H groups in total. The van der Waals surface area contributed by atoms with E-state index in [9.17, 15) is 9.90 Å². The van der Waals surface area contributed by atoms with Gasteiger partial charge < -0.3 is 10.4 Å². The molecule has 0 amide bonds. The fraction of sp³-hybridized carbons (Fsp3) is 0.562. The van der Waals surface area contributed by atoms with Crippen molar-refractivity contribution < 1.29 is 9.90 Å². The monoisotopic (exact) mass is 261 g/mol. The maximum absolute atomic E-state index is 11.2. The predicted molar refractivity (Wildman–Crippen MR) is 76.3 cm³/mol. The van der Waals surface area contributed by atoms with Gasteiger partial charge in [0.25, 0.3) is 0 Å². The lowest BCUT2D eigenvalue weighted by molar-refractivity contribution is -0.140. The summed E-state index contributed by atoms with van der Waals surface area (Å²) in [5.41, 5.74) is 1.38. The molecule has 1 aromatic carbocycles. The van der Waals surface area contributed by atoms with Gasteiger partial charge in [0, 0.05) is 6.04 Å². The summed E-state index contributed by atoms with van der Waals surface area (Å²) in [5.74, 6) is -0.115. The highest BCUT2D eigenvalue weighted by Gasteiger charge is 2.32. The van der Waals surface area contributed by atoms with E-state index in [0.29, 0.717) is 12.0 Å². The van der Waals surface area contributed by atoms with Gasteiger partial charge in [0.15, 0.2) is 0 Å². The molecule has 3 nitrogen and oxygen atoms in total. The Balaban J connectivity index is 1.78. The second-order valence-electron chi connectivity index (χ2n) is 5.48. The SMILES string of the molecule is CCCCC(NC1CC(c2ccccc2)C1)C(=O)O. The van der Waals surface area contributed by atoms with Crippen LogP contribution in [0, 0.1) is 0 Å². The minimum Gasteiger partial charge on any atom is -0.480 e. The fourth-order valence-corrected chi connectivity index (χ4v) is 2.72. The van der Waals surface area contributed by atoms with Gasteiger partial charge in [-0.05, 0) is 30.7 Å². The maximum atomic E-state index is 11.2. The van der Waals surface area contributed by atoms with Gasteiger partial charge in [0.05, 0.1) is 0 Å². The van der Waals surface area contributed by atoms with Crippen LogP contribution in [0.15, 0.2) is 30.3 Å². The van der Waals surface area contributed by atoms with Gasteiger partial charge in [-0.1, -0.05) is 50.1 Å². The molecule has 2 rings (SSSR count). The zero-order valence-electron chi connectivity index (χ0n) is 11.5. The van der Waals surface area contributed by atoms with Gasteiger partial charge in [-0.15, -0.1) is 0 Å². The van der Waals surface area contributed by atoms with Gasteiger partial charge in [-0.2, -0.15) is 0 Å². The molecule has 0 spiro atoms. The number of benzene rings is 1. The van der Waals surface area contributed by atoms with Crippen LogP contribution in [0.25, 0.3) is 0 Å². The molecule has 1 saturated carbocycles.